The van der Waals surface area contributed by atoms with Crippen molar-refractivity contribution < 1.29 is 9.84 Å². The molecule has 5 nitrogen and oxygen atoms in total. The van der Waals surface area contributed by atoms with Gasteiger partial charge in [-0.15, -0.1) is 0 Å². The quantitative estimate of drug-likeness (QED) is 0.653. The molecule has 0 bridgehead atoms. The minimum absolute atomic E-state index is 0.166. The Kier molecular flexibility index (Phi) is 4.84. The Morgan fingerprint density at radius 2 is 2.37 bits per heavy atom. The molecule has 0 atom stereocenters. The Morgan fingerprint density at radius 3 is 3.05 bits per heavy atom. The highest BCUT2D eigenvalue weighted by Gasteiger charge is 2.04. The van der Waals surface area contributed by atoms with Gasteiger partial charge in [-0.05, 0) is 17.7 Å². The summed E-state index contributed by atoms with van der Waals surface area (Å²) < 4.78 is 5.23. The molecule has 0 aliphatic carbocycles. The van der Waals surface area contributed by atoms with Crippen LogP contribution in [0.3, 0.4) is 0 Å². The monoisotopic (exact) mass is 275 g/mol. The van der Waals surface area contributed by atoms with Crippen molar-refractivity contribution in [1.29, 1.82) is 0 Å². The summed E-state index contributed by atoms with van der Waals surface area (Å²) in [6.45, 7) is -0.166. The van der Waals surface area contributed by atoms with Gasteiger partial charge in [0.2, 0.25) is 0 Å². The topological polar surface area (TPSA) is 71.0 Å². The van der Waals surface area contributed by atoms with Crippen molar-refractivity contribution in [3.8, 4) is 17.6 Å². The number of nitrogens with one attached hydrogen (secondary N) is 1. The number of benzene rings is 1. The smallest absolute Gasteiger partial charge is 0.183 e. The fourth-order valence-corrected chi connectivity index (χ4v) is 2.21. The fraction of sp³-hybridized carbons (Fsp3) is 0.231. The second-order valence-electron chi connectivity index (χ2n) is 3.57. The molecule has 0 amide bonds. The standard InChI is InChI=1S/C13H13N3O2S/c1-18-12-5-4-10(7-11(12)3-2-6-17)8-19-13-14-9-15-16-13/h4-5,7,9,17H,6,8H2,1H3,(H,14,15,16). The van der Waals surface area contributed by atoms with Crippen LogP contribution in [0, 0.1) is 11.8 Å². The van der Waals surface area contributed by atoms with Crippen LogP contribution in [0.15, 0.2) is 29.7 Å². The van der Waals surface area contributed by atoms with Crippen molar-refractivity contribution >= 4 is 11.8 Å². The lowest BCUT2D eigenvalue weighted by molar-refractivity contribution is 0.350. The maximum absolute atomic E-state index is 8.75. The van der Waals surface area contributed by atoms with Gasteiger partial charge in [0.05, 0.1) is 12.7 Å². The molecule has 2 aromatic rings. The average Bonchev–Trinajstić information content (AvgIpc) is 2.96. The van der Waals surface area contributed by atoms with Gasteiger partial charge < -0.3 is 9.84 Å². The molecule has 0 saturated heterocycles. The third-order valence-electron chi connectivity index (χ3n) is 2.33. The summed E-state index contributed by atoms with van der Waals surface area (Å²) in [7, 11) is 1.60. The Labute approximate surface area is 115 Å². The molecule has 1 heterocycles. The molecule has 1 aromatic heterocycles. The number of methoxy groups -OCH3 is 1. The molecule has 6 heteroatoms. The van der Waals surface area contributed by atoms with Crippen molar-refractivity contribution in [2.75, 3.05) is 13.7 Å². The van der Waals surface area contributed by atoms with Gasteiger partial charge >= 0.3 is 0 Å². The number of aliphatic hydroxyl groups is 1. The van der Waals surface area contributed by atoms with Gasteiger partial charge in [-0.2, -0.15) is 5.10 Å². The molecule has 0 aliphatic rings. The molecular formula is C13H13N3O2S. The fourth-order valence-electron chi connectivity index (χ4n) is 1.49. The SMILES string of the molecule is COc1ccc(CSc2ncn[nH]2)cc1C#CCO. The van der Waals surface area contributed by atoms with Crippen LogP contribution in [0.1, 0.15) is 11.1 Å². The van der Waals surface area contributed by atoms with E-state index in [9.17, 15) is 0 Å². The molecule has 0 aliphatic heterocycles. The normalized spacial score (nSPS) is 9.79. The number of aromatic amines is 1. The van der Waals surface area contributed by atoms with Crippen molar-refractivity contribution in [3.05, 3.63) is 35.7 Å². The first-order valence-corrected chi connectivity index (χ1v) is 6.57. The number of nitrogens with zero attached hydrogens (tertiary/aromatic N) is 2. The Balaban J connectivity index is 2.13. The Hall–Kier alpha value is -1.97. The average molecular weight is 275 g/mol. The highest BCUT2D eigenvalue weighted by molar-refractivity contribution is 7.98. The van der Waals surface area contributed by atoms with E-state index < -0.39 is 0 Å². The second-order valence-corrected chi connectivity index (χ2v) is 4.54. The van der Waals surface area contributed by atoms with Gasteiger partial charge in [-0.1, -0.05) is 29.7 Å². The maximum atomic E-state index is 8.75. The third-order valence-corrected chi connectivity index (χ3v) is 3.28. The van der Waals surface area contributed by atoms with Gasteiger partial charge in [-0.25, -0.2) is 4.98 Å². The van der Waals surface area contributed by atoms with E-state index in [-0.39, 0.29) is 6.61 Å². The van der Waals surface area contributed by atoms with Crippen LogP contribution in [-0.2, 0) is 5.75 Å². The van der Waals surface area contributed by atoms with E-state index in [4.69, 9.17) is 9.84 Å². The van der Waals surface area contributed by atoms with E-state index in [1.165, 1.54) is 6.33 Å². The molecule has 1 aromatic carbocycles. The molecule has 0 fully saturated rings. The summed E-state index contributed by atoms with van der Waals surface area (Å²) >= 11 is 1.56. The Morgan fingerprint density at radius 1 is 1.47 bits per heavy atom. The van der Waals surface area contributed by atoms with E-state index in [0.29, 0.717) is 5.75 Å². The number of aromatic nitrogens is 3. The summed E-state index contributed by atoms with van der Waals surface area (Å²) in [5.74, 6) is 6.96. The molecule has 2 N–H and O–H groups in total. The van der Waals surface area contributed by atoms with Crippen molar-refractivity contribution in [2.45, 2.75) is 10.9 Å². The molecule has 0 saturated carbocycles. The highest BCUT2D eigenvalue weighted by atomic mass is 32.2. The molecule has 0 radical (unpaired) electrons. The summed E-state index contributed by atoms with van der Waals surface area (Å²) in [6, 6.07) is 5.80. The summed E-state index contributed by atoms with van der Waals surface area (Å²) in [6.07, 6.45) is 1.48. The van der Waals surface area contributed by atoms with E-state index in [0.717, 1.165) is 22.0 Å². The first-order chi connectivity index (χ1) is 9.33. The number of hydrogen-bond acceptors (Lipinski definition) is 5. The van der Waals surface area contributed by atoms with Crippen LogP contribution in [0.2, 0.25) is 0 Å². The molecule has 0 unspecified atom stereocenters. The third kappa shape index (κ3) is 3.74. The lowest BCUT2D eigenvalue weighted by atomic mass is 10.1. The highest BCUT2D eigenvalue weighted by Crippen LogP contribution is 2.23. The van der Waals surface area contributed by atoms with Crippen LogP contribution in [0.5, 0.6) is 5.75 Å². The number of H-pyrrole nitrogens is 1. The predicted molar refractivity (Wildman–Crippen MR) is 72.9 cm³/mol. The summed E-state index contributed by atoms with van der Waals surface area (Å²) in [4.78, 5) is 4.05. The molecule has 0 spiro atoms. The van der Waals surface area contributed by atoms with Gasteiger partial charge in [-0.3, -0.25) is 5.10 Å². The number of rotatable bonds is 4. The lowest BCUT2D eigenvalue weighted by Crippen LogP contribution is -1.91. The zero-order valence-corrected chi connectivity index (χ0v) is 11.2. The minimum Gasteiger partial charge on any atom is -0.495 e. The van der Waals surface area contributed by atoms with Gasteiger partial charge in [0.15, 0.2) is 5.16 Å². The zero-order valence-electron chi connectivity index (χ0n) is 10.4. The van der Waals surface area contributed by atoms with Crippen molar-refractivity contribution in [2.24, 2.45) is 0 Å². The Bertz CT molecular complexity index is 588. The number of thioether (sulfide) groups is 1. The van der Waals surface area contributed by atoms with Crippen LogP contribution >= 0.6 is 11.8 Å². The van der Waals surface area contributed by atoms with Crippen LogP contribution < -0.4 is 4.74 Å². The van der Waals surface area contributed by atoms with E-state index in [2.05, 4.69) is 27.0 Å². The van der Waals surface area contributed by atoms with Gasteiger partial charge in [0.25, 0.3) is 0 Å². The van der Waals surface area contributed by atoms with Gasteiger partial charge in [0, 0.05) is 5.75 Å². The minimum atomic E-state index is -0.166. The molecule has 2 rings (SSSR count). The van der Waals surface area contributed by atoms with Crippen LogP contribution in [0.25, 0.3) is 0 Å². The van der Waals surface area contributed by atoms with Crippen LogP contribution in [0.4, 0.5) is 0 Å². The molecular weight excluding hydrogens is 262 g/mol. The van der Waals surface area contributed by atoms with Crippen LogP contribution in [-0.4, -0.2) is 34.0 Å². The first-order valence-electron chi connectivity index (χ1n) is 5.58. The first kappa shape index (κ1) is 13.5. The van der Waals surface area contributed by atoms with Crippen molar-refractivity contribution in [3.63, 3.8) is 0 Å². The second kappa shape index (κ2) is 6.83. The number of aliphatic hydroxyl groups excluding tert-OH is 1. The number of hydrogen-bond donors (Lipinski definition) is 2. The molecule has 98 valence electrons. The van der Waals surface area contributed by atoms with Gasteiger partial charge in [0.1, 0.15) is 18.7 Å². The summed E-state index contributed by atoms with van der Waals surface area (Å²) in [5.41, 5.74) is 1.87. The van der Waals surface area contributed by atoms with E-state index in [1.807, 2.05) is 18.2 Å². The predicted octanol–water partition coefficient (Wildman–Crippen LogP) is 1.45. The largest absolute Gasteiger partial charge is 0.495 e. The van der Waals surface area contributed by atoms with E-state index in [1.54, 1.807) is 18.9 Å². The zero-order chi connectivity index (χ0) is 13.5. The van der Waals surface area contributed by atoms with Crippen molar-refractivity contribution in [1.82, 2.24) is 15.2 Å². The molecule has 19 heavy (non-hydrogen) atoms. The number of ether oxygens (including phenoxy) is 1. The lowest BCUT2D eigenvalue weighted by Gasteiger charge is -2.06. The van der Waals surface area contributed by atoms with E-state index >= 15 is 0 Å². The summed E-state index contributed by atoms with van der Waals surface area (Å²) in [5, 5.41) is 16.1. The maximum Gasteiger partial charge on any atom is 0.183 e.